The molecule has 25 heavy (non-hydrogen) atoms. The van der Waals surface area contributed by atoms with Crippen LogP contribution in [0.1, 0.15) is 11.1 Å². The predicted octanol–water partition coefficient (Wildman–Crippen LogP) is 2.89. The Bertz CT molecular complexity index is 709. The van der Waals surface area contributed by atoms with Crippen molar-refractivity contribution in [3.05, 3.63) is 65.5 Å². The molecular formula is C20H24FN3O. The number of anilines is 1. The summed E-state index contributed by atoms with van der Waals surface area (Å²) in [7, 11) is 0. The quantitative estimate of drug-likeness (QED) is 0.908. The van der Waals surface area contributed by atoms with Gasteiger partial charge in [-0.1, -0.05) is 29.8 Å². The van der Waals surface area contributed by atoms with Crippen molar-refractivity contribution in [1.29, 1.82) is 0 Å². The lowest BCUT2D eigenvalue weighted by Gasteiger charge is -2.34. The lowest BCUT2D eigenvalue weighted by molar-refractivity contribution is -0.117. The van der Waals surface area contributed by atoms with Gasteiger partial charge in [0, 0.05) is 38.4 Å². The molecule has 0 aromatic heterocycles. The van der Waals surface area contributed by atoms with Gasteiger partial charge in [0.15, 0.2) is 0 Å². The normalized spacial score (nSPS) is 15.9. The minimum Gasteiger partial charge on any atom is -0.325 e. The molecule has 1 aliphatic heterocycles. The van der Waals surface area contributed by atoms with E-state index in [0.717, 1.165) is 32.7 Å². The van der Waals surface area contributed by atoms with Crippen molar-refractivity contribution < 1.29 is 9.18 Å². The fraction of sp³-hybridized carbons (Fsp3) is 0.350. The third-order valence-corrected chi connectivity index (χ3v) is 4.45. The Morgan fingerprint density at radius 3 is 2.40 bits per heavy atom. The number of aryl methyl sites for hydroxylation is 1. The lowest BCUT2D eigenvalue weighted by atomic mass is 10.1. The maximum Gasteiger partial charge on any atom is 0.238 e. The molecule has 4 nitrogen and oxygen atoms in total. The van der Waals surface area contributed by atoms with Crippen LogP contribution in [-0.4, -0.2) is 48.4 Å². The Morgan fingerprint density at radius 1 is 1.04 bits per heavy atom. The van der Waals surface area contributed by atoms with Crippen LogP contribution in [0.3, 0.4) is 0 Å². The third kappa shape index (κ3) is 5.37. The molecular weight excluding hydrogens is 317 g/mol. The first kappa shape index (κ1) is 17.6. The molecule has 0 bridgehead atoms. The van der Waals surface area contributed by atoms with Gasteiger partial charge >= 0.3 is 0 Å². The summed E-state index contributed by atoms with van der Waals surface area (Å²) in [6.07, 6.45) is 0. The second-order valence-electron chi connectivity index (χ2n) is 6.60. The van der Waals surface area contributed by atoms with E-state index in [0.29, 0.717) is 12.2 Å². The van der Waals surface area contributed by atoms with E-state index in [9.17, 15) is 9.18 Å². The Kier molecular flexibility index (Phi) is 5.79. The van der Waals surface area contributed by atoms with Crippen LogP contribution in [0.4, 0.5) is 10.1 Å². The van der Waals surface area contributed by atoms with Crippen LogP contribution in [0.5, 0.6) is 0 Å². The second-order valence-corrected chi connectivity index (χ2v) is 6.60. The first-order chi connectivity index (χ1) is 12.1. The minimum absolute atomic E-state index is 0.0567. The molecule has 2 aromatic carbocycles. The smallest absolute Gasteiger partial charge is 0.238 e. The molecule has 0 atom stereocenters. The van der Waals surface area contributed by atoms with Crippen molar-refractivity contribution in [2.24, 2.45) is 0 Å². The van der Waals surface area contributed by atoms with E-state index >= 15 is 0 Å². The SMILES string of the molecule is Cc1cccc(CN2CCN(CC(=O)Nc3ccc(F)cc3)CC2)c1. The van der Waals surface area contributed by atoms with Gasteiger partial charge in [0.2, 0.25) is 5.91 Å². The summed E-state index contributed by atoms with van der Waals surface area (Å²) in [5.74, 6) is -0.360. The van der Waals surface area contributed by atoms with Gasteiger partial charge in [-0.15, -0.1) is 0 Å². The van der Waals surface area contributed by atoms with Crippen LogP contribution in [-0.2, 0) is 11.3 Å². The molecule has 0 unspecified atom stereocenters. The van der Waals surface area contributed by atoms with E-state index in [1.165, 1.54) is 23.3 Å². The topological polar surface area (TPSA) is 35.6 Å². The number of rotatable bonds is 5. The molecule has 1 aliphatic rings. The van der Waals surface area contributed by atoms with E-state index in [2.05, 4.69) is 46.3 Å². The van der Waals surface area contributed by atoms with Gasteiger partial charge in [-0.2, -0.15) is 0 Å². The molecule has 132 valence electrons. The number of carbonyl (C=O) groups excluding carboxylic acids is 1. The Balaban J connectivity index is 1.42. The fourth-order valence-electron chi connectivity index (χ4n) is 3.11. The third-order valence-electron chi connectivity index (χ3n) is 4.45. The van der Waals surface area contributed by atoms with Gasteiger partial charge in [-0.3, -0.25) is 14.6 Å². The van der Waals surface area contributed by atoms with Crippen molar-refractivity contribution in [2.45, 2.75) is 13.5 Å². The van der Waals surface area contributed by atoms with Crippen LogP contribution >= 0.6 is 0 Å². The number of hydrogen-bond acceptors (Lipinski definition) is 3. The van der Waals surface area contributed by atoms with Gasteiger partial charge in [0.1, 0.15) is 5.82 Å². The molecule has 1 heterocycles. The zero-order valence-electron chi connectivity index (χ0n) is 14.5. The standard InChI is InChI=1S/C20H24FN3O/c1-16-3-2-4-17(13-16)14-23-9-11-24(12-10-23)15-20(25)22-19-7-5-18(21)6-8-19/h2-8,13H,9-12,14-15H2,1H3,(H,22,25). The number of nitrogens with zero attached hydrogens (tertiary/aromatic N) is 2. The number of nitrogens with one attached hydrogen (secondary N) is 1. The van der Waals surface area contributed by atoms with E-state index in [1.807, 2.05) is 0 Å². The van der Waals surface area contributed by atoms with Crippen LogP contribution in [0.2, 0.25) is 0 Å². The van der Waals surface area contributed by atoms with Crippen LogP contribution in [0.25, 0.3) is 0 Å². The van der Waals surface area contributed by atoms with Crippen LogP contribution < -0.4 is 5.32 Å². The molecule has 1 saturated heterocycles. The van der Waals surface area contributed by atoms with Crippen molar-refractivity contribution in [3.8, 4) is 0 Å². The average Bonchev–Trinajstić information content (AvgIpc) is 2.59. The Morgan fingerprint density at radius 2 is 1.72 bits per heavy atom. The molecule has 5 heteroatoms. The zero-order chi connectivity index (χ0) is 17.6. The predicted molar refractivity (Wildman–Crippen MR) is 97.9 cm³/mol. The van der Waals surface area contributed by atoms with Crippen LogP contribution in [0, 0.1) is 12.7 Å². The highest BCUT2D eigenvalue weighted by Crippen LogP contribution is 2.11. The van der Waals surface area contributed by atoms with E-state index in [1.54, 1.807) is 12.1 Å². The number of hydrogen-bond donors (Lipinski definition) is 1. The van der Waals surface area contributed by atoms with Gasteiger partial charge < -0.3 is 5.32 Å². The van der Waals surface area contributed by atoms with Crippen LogP contribution in [0.15, 0.2) is 48.5 Å². The summed E-state index contributed by atoms with van der Waals surface area (Å²) < 4.78 is 12.9. The largest absolute Gasteiger partial charge is 0.325 e. The summed E-state index contributed by atoms with van der Waals surface area (Å²) in [6.45, 7) is 7.11. The number of halogens is 1. The van der Waals surface area contributed by atoms with Gasteiger partial charge in [0.25, 0.3) is 0 Å². The monoisotopic (exact) mass is 341 g/mol. The summed E-state index contributed by atoms with van der Waals surface area (Å²) >= 11 is 0. The van der Waals surface area contributed by atoms with Crippen molar-refractivity contribution in [1.82, 2.24) is 9.80 Å². The number of benzene rings is 2. The number of amides is 1. The molecule has 1 N–H and O–H groups in total. The highest BCUT2D eigenvalue weighted by Gasteiger charge is 2.19. The van der Waals surface area contributed by atoms with Crippen molar-refractivity contribution in [2.75, 3.05) is 38.0 Å². The van der Waals surface area contributed by atoms with E-state index in [4.69, 9.17) is 0 Å². The molecule has 3 rings (SSSR count). The van der Waals surface area contributed by atoms with Gasteiger partial charge in [-0.25, -0.2) is 4.39 Å². The molecule has 0 spiro atoms. The Labute approximate surface area is 148 Å². The summed E-state index contributed by atoms with van der Waals surface area (Å²) in [5.41, 5.74) is 3.25. The first-order valence-electron chi connectivity index (χ1n) is 8.64. The molecule has 1 amide bonds. The molecule has 0 aliphatic carbocycles. The first-order valence-corrected chi connectivity index (χ1v) is 8.64. The molecule has 0 radical (unpaired) electrons. The highest BCUT2D eigenvalue weighted by molar-refractivity contribution is 5.92. The lowest BCUT2D eigenvalue weighted by Crippen LogP contribution is -2.48. The maximum absolute atomic E-state index is 12.9. The van der Waals surface area contributed by atoms with E-state index in [-0.39, 0.29) is 11.7 Å². The summed E-state index contributed by atoms with van der Waals surface area (Å²) in [4.78, 5) is 16.7. The van der Waals surface area contributed by atoms with Crippen molar-refractivity contribution >= 4 is 11.6 Å². The minimum atomic E-state index is -0.303. The number of carbonyl (C=O) groups is 1. The fourth-order valence-corrected chi connectivity index (χ4v) is 3.11. The zero-order valence-corrected chi connectivity index (χ0v) is 14.5. The molecule has 0 saturated carbocycles. The summed E-state index contributed by atoms with van der Waals surface area (Å²) in [5, 5.41) is 2.81. The molecule has 2 aromatic rings. The highest BCUT2D eigenvalue weighted by atomic mass is 19.1. The maximum atomic E-state index is 12.9. The van der Waals surface area contributed by atoms with E-state index < -0.39 is 0 Å². The average molecular weight is 341 g/mol. The Hall–Kier alpha value is -2.24. The second kappa shape index (κ2) is 8.23. The summed E-state index contributed by atoms with van der Waals surface area (Å²) in [6, 6.07) is 14.4. The number of piperazine rings is 1. The molecule has 1 fully saturated rings. The van der Waals surface area contributed by atoms with Gasteiger partial charge in [0.05, 0.1) is 6.54 Å². The van der Waals surface area contributed by atoms with Crippen molar-refractivity contribution in [3.63, 3.8) is 0 Å². The van der Waals surface area contributed by atoms with Gasteiger partial charge in [-0.05, 0) is 36.8 Å².